The number of carbonyl (C=O) groups is 3. The molecule has 2 fully saturated rings. The molecule has 1 saturated carbocycles. The summed E-state index contributed by atoms with van der Waals surface area (Å²) in [5.41, 5.74) is 0.192. The topological polar surface area (TPSA) is 57.7 Å². The predicted octanol–water partition coefficient (Wildman–Crippen LogP) is 2.12. The summed E-state index contributed by atoms with van der Waals surface area (Å²) < 4.78 is 26.6. The van der Waals surface area contributed by atoms with Crippen molar-refractivity contribution in [2.45, 2.75) is 13.3 Å². The SMILES string of the molecule is CCN(C(=O)CN1C(=O)[C@H]2[C@H](C1=O)[C@H]1C=C[C@H]2C1)c1ccc(F)c(F)c1. The molecule has 2 bridgehead atoms. The number of anilines is 1. The summed E-state index contributed by atoms with van der Waals surface area (Å²) in [7, 11) is 0. The second-order valence-corrected chi connectivity index (χ2v) is 7.00. The van der Waals surface area contributed by atoms with E-state index in [1.807, 2.05) is 12.2 Å². The van der Waals surface area contributed by atoms with Crippen LogP contribution in [0.15, 0.2) is 30.4 Å². The van der Waals surface area contributed by atoms with Crippen molar-refractivity contribution in [2.24, 2.45) is 23.7 Å². The zero-order valence-corrected chi connectivity index (χ0v) is 14.2. The first kappa shape index (κ1) is 16.9. The van der Waals surface area contributed by atoms with Crippen molar-refractivity contribution in [1.29, 1.82) is 0 Å². The Labute approximate surface area is 149 Å². The van der Waals surface area contributed by atoms with E-state index in [0.29, 0.717) is 0 Å². The molecule has 0 radical (unpaired) electrons. The van der Waals surface area contributed by atoms with E-state index in [4.69, 9.17) is 0 Å². The maximum Gasteiger partial charge on any atom is 0.247 e. The van der Waals surface area contributed by atoms with Crippen molar-refractivity contribution in [2.75, 3.05) is 18.0 Å². The summed E-state index contributed by atoms with van der Waals surface area (Å²) in [5, 5.41) is 0. The first-order chi connectivity index (χ1) is 12.4. The zero-order valence-electron chi connectivity index (χ0n) is 14.2. The normalized spacial score (nSPS) is 28.8. The van der Waals surface area contributed by atoms with E-state index in [1.165, 1.54) is 11.0 Å². The molecule has 3 aliphatic rings. The van der Waals surface area contributed by atoms with Crippen molar-refractivity contribution < 1.29 is 23.2 Å². The van der Waals surface area contributed by atoms with Gasteiger partial charge in [-0.05, 0) is 37.3 Å². The van der Waals surface area contributed by atoms with Crippen LogP contribution in [0.5, 0.6) is 0 Å². The van der Waals surface area contributed by atoms with Crippen molar-refractivity contribution in [3.63, 3.8) is 0 Å². The fourth-order valence-electron chi connectivity index (χ4n) is 4.50. The second-order valence-electron chi connectivity index (χ2n) is 7.00. The molecule has 3 amide bonds. The van der Waals surface area contributed by atoms with Gasteiger partial charge >= 0.3 is 0 Å². The summed E-state index contributed by atoms with van der Waals surface area (Å²) in [6.07, 6.45) is 4.80. The number of carbonyl (C=O) groups excluding carboxylic acids is 3. The molecule has 4 atom stereocenters. The van der Waals surface area contributed by atoms with Crippen molar-refractivity contribution in [3.8, 4) is 0 Å². The minimum absolute atomic E-state index is 0.0787. The summed E-state index contributed by atoms with van der Waals surface area (Å²) >= 11 is 0. The third kappa shape index (κ3) is 2.37. The van der Waals surface area contributed by atoms with E-state index in [0.717, 1.165) is 23.5 Å². The van der Waals surface area contributed by atoms with Gasteiger partial charge in [-0.2, -0.15) is 0 Å². The van der Waals surface area contributed by atoms with Crippen LogP contribution in [-0.2, 0) is 14.4 Å². The van der Waals surface area contributed by atoms with Crippen LogP contribution >= 0.6 is 0 Å². The number of nitrogens with zero attached hydrogens (tertiary/aromatic N) is 2. The standard InChI is InChI=1S/C19H18F2N2O3/c1-2-22(12-5-6-13(20)14(21)8-12)15(24)9-23-18(25)16-10-3-4-11(7-10)17(16)19(23)26/h3-6,8,10-11,16-17H,2,7,9H2,1H3/t10-,11-,16+,17+/m0/s1. The highest BCUT2D eigenvalue weighted by molar-refractivity contribution is 6.10. The Morgan fingerprint density at radius 2 is 1.73 bits per heavy atom. The summed E-state index contributed by atoms with van der Waals surface area (Å²) in [5.74, 6) is -3.71. The molecule has 1 heterocycles. The summed E-state index contributed by atoms with van der Waals surface area (Å²) in [6, 6.07) is 3.18. The molecule has 0 aromatic heterocycles. The van der Waals surface area contributed by atoms with E-state index in [9.17, 15) is 23.2 Å². The van der Waals surface area contributed by atoms with Crippen LogP contribution in [0.25, 0.3) is 0 Å². The monoisotopic (exact) mass is 360 g/mol. The van der Waals surface area contributed by atoms with Gasteiger partial charge < -0.3 is 4.90 Å². The number of hydrogen-bond acceptors (Lipinski definition) is 3. The maximum absolute atomic E-state index is 13.5. The Bertz CT molecular complexity index is 808. The Kier molecular flexibility index (Phi) is 3.89. The summed E-state index contributed by atoms with van der Waals surface area (Å²) in [6.45, 7) is 1.52. The molecule has 5 nitrogen and oxygen atoms in total. The minimum Gasteiger partial charge on any atom is -0.311 e. The van der Waals surface area contributed by atoms with E-state index in [-0.39, 0.29) is 54.3 Å². The molecule has 1 aromatic carbocycles. The lowest BCUT2D eigenvalue weighted by atomic mass is 9.85. The number of halogens is 2. The number of allylic oxidation sites excluding steroid dienone is 2. The molecule has 7 heteroatoms. The highest BCUT2D eigenvalue weighted by Crippen LogP contribution is 2.52. The lowest BCUT2D eigenvalue weighted by molar-refractivity contribution is -0.143. The van der Waals surface area contributed by atoms with Gasteiger partial charge in [-0.15, -0.1) is 0 Å². The fourth-order valence-corrected chi connectivity index (χ4v) is 4.50. The van der Waals surface area contributed by atoms with Gasteiger partial charge in [-0.3, -0.25) is 19.3 Å². The van der Waals surface area contributed by atoms with Crippen molar-refractivity contribution >= 4 is 23.4 Å². The van der Waals surface area contributed by atoms with Gasteiger partial charge in [-0.1, -0.05) is 12.2 Å². The molecule has 136 valence electrons. The van der Waals surface area contributed by atoms with Gasteiger partial charge in [0, 0.05) is 18.3 Å². The van der Waals surface area contributed by atoms with Crippen LogP contribution in [-0.4, -0.2) is 35.7 Å². The van der Waals surface area contributed by atoms with Crippen LogP contribution in [0.4, 0.5) is 14.5 Å². The highest BCUT2D eigenvalue weighted by Gasteiger charge is 2.59. The van der Waals surface area contributed by atoms with Crippen molar-refractivity contribution in [3.05, 3.63) is 42.0 Å². The molecule has 0 N–H and O–H groups in total. The van der Waals surface area contributed by atoms with Crippen molar-refractivity contribution in [1.82, 2.24) is 4.90 Å². The third-order valence-electron chi connectivity index (χ3n) is 5.69. The first-order valence-electron chi connectivity index (χ1n) is 8.71. The molecule has 1 saturated heterocycles. The zero-order chi connectivity index (χ0) is 18.6. The second kappa shape index (κ2) is 6.00. The predicted molar refractivity (Wildman–Crippen MR) is 88.8 cm³/mol. The number of hydrogen-bond donors (Lipinski definition) is 0. The molecule has 1 aromatic rings. The smallest absolute Gasteiger partial charge is 0.247 e. The lowest BCUT2D eigenvalue weighted by Crippen LogP contribution is -2.44. The van der Waals surface area contributed by atoms with Gasteiger partial charge in [0.25, 0.3) is 0 Å². The largest absolute Gasteiger partial charge is 0.311 e. The molecule has 26 heavy (non-hydrogen) atoms. The minimum atomic E-state index is -1.06. The average molecular weight is 360 g/mol. The number of likely N-dealkylation sites (N-methyl/N-ethyl adjacent to an activating group) is 1. The number of benzene rings is 1. The van der Waals surface area contributed by atoms with Crippen LogP contribution in [0.2, 0.25) is 0 Å². The van der Waals surface area contributed by atoms with E-state index in [2.05, 4.69) is 0 Å². The number of imide groups is 1. The molecule has 4 rings (SSSR count). The van der Waals surface area contributed by atoms with Gasteiger partial charge in [0.15, 0.2) is 11.6 Å². The quantitative estimate of drug-likeness (QED) is 0.611. The van der Waals surface area contributed by atoms with Gasteiger partial charge in [0.1, 0.15) is 6.54 Å². The Morgan fingerprint density at radius 3 is 2.27 bits per heavy atom. The van der Waals surface area contributed by atoms with E-state index >= 15 is 0 Å². The maximum atomic E-state index is 13.5. The van der Waals surface area contributed by atoms with Crippen LogP contribution in [0.1, 0.15) is 13.3 Å². The molecular weight excluding hydrogens is 342 g/mol. The lowest BCUT2D eigenvalue weighted by Gasteiger charge is -2.24. The van der Waals surface area contributed by atoms with E-state index < -0.39 is 17.5 Å². The molecular formula is C19H18F2N2O3. The first-order valence-corrected chi connectivity index (χ1v) is 8.71. The molecule has 0 spiro atoms. The van der Waals surface area contributed by atoms with Gasteiger partial charge in [-0.25, -0.2) is 8.78 Å². The number of likely N-dealkylation sites (tertiary alicyclic amines) is 1. The molecule has 2 aliphatic carbocycles. The van der Waals surface area contributed by atoms with E-state index in [1.54, 1.807) is 6.92 Å². The highest BCUT2D eigenvalue weighted by atomic mass is 19.2. The number of fused-ring (bicyclic) bond motifs is 5. The number of amides is 3. The van der Waals surface area contributed by atoms with Crippen LogP contribution < -0.4 is 4.90 Å². The Morgan fingerprint density at radius 1 is 1.12 bits per heavy atom. The molecule has 1 aliphatic heterocycles. The van der Waals surface area contributed by atoms with Crippen LogP contribution in [0.3, 0.4) is 0 Å². The van der Waals surface area contributed by atoms with Gasteiger partial charge in [0.05, 0.1) is 11.8 Å². The average Bonchev–Trinajstić information content (AvgIpc) is 3.29. The fraction of sp³-hybridized carbons (Fsp3) is 0.421. The third-order valence-corrected chi connectivity index (χ3v) is 5.69. The number of rotatable bonds is 4. The Balaban J connectivity index is 1.53. The van der Waals surface area contributed by atoms with Gasteiger partial charge in [0.2, 0.25) is 17.7 Å². The molecule has 0 unspecified atom stereocenters. The Hall–Kier alpha value is -2.57. The summed E-state index contributed by atoms with van der Waals surface area (Å²) in [4.78, 5) is 40.3. The van der Waals surface area contributed by atoms with Crippen LogP contribution in [0, 0.1) is 35.3 Å².